The van der Waals surface area contributed by atoms with Crippen molar-refractivity contribution in [2.45, 2.75) is 18.9 Å². The van der Waals surface area contributed by atoms with Gasteiger partial charge in [-0.2, -0.15) is 4.98 Å². The predicted molar refractivity (Wildman–Crippen MR) is 91.1 cm³/mol. The number of carbonyl (C=O) groups is 1. The van der Waals surface area contributed by atoms with Crippen LogP contribution in [0.1, 0.15) is 12.8 Å². The molecule has 1 atom stereocenters. The van der Waals surface area contributed by atoms with Gasteiger partial charge in [-0.1, -0.05) is 12.1 Å². The summed E-state index contributed by atoms with van der Waals surface area (Å²) in [7, 11) is 0. The Labute approximate surface area is 141 Å². The van der Waals surface area contributed by atoms with Crippen molar-refractivity contribution in [1.29, 1.82) is 0 Å². The molecule has 2 fully saturated rings. The molecule has 1 aromatic heterocycles. The molecule has 2 aromatic rings. The molecular weight excluding hydrogens is 316 g/mol. The minimum atomic E-state index is 0. The van der Waals surface area contributed by atoms with Crippen molar-refractivity contribution in [3.63, 3.8) is 0 Å². The van der Waals surface area contributed by atoms with E-state index in [4.69, 9.17) is 4.42 Å². The lowest BCUT2D eigenvalue weighted by atomic mass is 10.2. The molecule has 0 unspecified atom stereocenters. The number of nitrogens with zero attached hydrogens (tertiary/aromatic N) is 3. The SMILES string of the molecule is Cl.O=C([C@@H]1CCCN1)N1CCN(c2nc3ccccc3o2)CC1. The van der Waals surface area contributed by atoms with Crippen LogP contribution in [0.5, 0.6) is 0 Å². The van der Waals surface area contributed by atoms with Crippen molar-refractivity contribution in [1.82, 2.24) is 15.2 Å². The van der Waals surface area contributed by atoms with Crippen LogP contribution >= 0.6 is 12.4 Å². The number of anilines is 1. The minimum absolute atomic E-state index is 0. The van der Waals surface area contributed by atoms with Crippen LogP contribution in [0.3, 0.4) is 0 Å². The summed E-state index contributed by atoms with van der Waals surface area (Å²) in [6, 6.07) is 8.47. The standard InChI is InChI=1S/C16H20N4O2.ClH/c21-15(13-5-3-7-17-13)19-8-10-20(11-9-19)16-18-12-4-1-2-6-14(12)22-16;/h1-2,4,6,13,17H,3,5,7-11H2;1H/t13-;/m0./s1. The second-order valence-corrected chi connectivity index (χ2v) is 5.93. The van der Waals surface area contributed by atoms with Crippen LogP contribution in [0.2, 0.25) is 0 Å². The molecule has 0 radical (unpaired) electrons. The zero-order valence-corrected chi connectivity index (χ0v) is 13.7. The van der Waals surface area contributed by atoms with E-state index >= 15 is 0 Å². The van der Waals surface area contributed by atoms with E-state index in [1.165, 1.54) is 0 Å². The Kier molecular flexibility index (Phi) is 4.73. The Morgan fingerprint density at radius 1 is 1.22 bits per heavy atom. The Bertz CT molecular complexity index is 643. The predicted octanol–water partition coefficient (Wildman–Crippen LogP) is 1.65. The molecule has 0 saturated carbocycles. The Morgan fingerprint density at radius 3 is 2.70 bits per heavy atom. The van der Waals surface area contributed by atoms with Crippen LogP contribution in [0.15, 0.2) is 28.7 Å². The Morgan fingerprint density at radius 2 is 2.00 bits per heavy atom. The first kappa shape index (κ1) is 16.1. The van der Waals surface area contributed by atoms with Gasteiger partial charge in [0, 0.05) is 26.2 Å². The third kappa shape index (κ3) is 3.14. The van der Waals surface area contributed by atoms with Crippen molar-refractivity contribution in [2.24, 2.45) is 0 Å². The molecule has 1 N–H and O–H groups in total. The largest absolute Gasteiger partial charge is 0.423 e. The molecule has 2 aliphatic rings. The summed E-state index contributed by atoms with van der Waals surface area (Å²) in [4.78, 5) is 21.0. The number of benzene rings is 1. The van der Waals surface area contributed by atoms with Gasteiger partial charge >= 0.3 is 0 Å². The molecule has 1 amide bonds. The first-order valence-corrected chi connectivity index (χ1v) is 7.94. The highest BCUT2D eigenvalue weighted by Gasteiger charge is 2.30. The molecule has 124 valence electrons. The molecule has 0 aliphatic carbocycles. The number of carbonyl (C=O) groups excluding carboxylic acids is 1. The average Bonchev–Trinajstić information content (AvgIpc) is 3.23. The molecule has 4 rings (SSSR count). The number of rotatable bonds is 2. The van der Waals surface area contributed by atoms with Gasteiger partial charge < -0.3 is 19.5 Å². The van der Waals surface area contributed by atoms with Gasteiger partial charge in [0.25, 0.3) is 6.01 Å². The maximum Gasteiger partial charge on any atom is 0.298 e. The van der Waals surface area contributed by atoms with Crippen LogP contribution in [0.4, 0.5) is 6.01 Å². The van der Waals surface area contributed by atoms with E-state index in [1.54, 1.807) is 0 Å². The molecule has 2 saturated heterocycles. The Hall–Kier alpha value is -1.79. The minimum Gasteiger partial charge on any atom is -0.423 e. The monoisotopic (exact) mass is 336 g/mol. The van der Waals surface area contributed by atoms with E-state index in [9.17, 15) is 4.79 Å². The lowest BCUT2D eigenvalue weighted by molar-refractivity contribution is -0.133. The first-order valence-electron chi connectivity index (χ1n) is 7.94. The summed E-state index contributed by atoms with van der Waals surface area (Å²) >= 11 is 0. The summed E-state index contributed by atoms with van der Waals surface area (Å²) in [5.74, 6) is 0.245. The van der Waals surface area contributed by atoms with Crippen LogP contribution < -0.4 is 10.2 Å². The van der Waals surface area contributed by atoms with E-state index in [-0.39, 0.29) is 24.4 Å². The number of fused-ring (bicyclic) bond motifs is 1. The van der Waals surface area contributed by atoms with Crippen LogP contribution in [-0.4, -0.2) is 54.6 Å². The highest BCUT2D eigenvalue weighted by atomic mass is 35.5. The number of halogens is 1. The second-order valence-electron chi connectivity index (χ2n) is 5.93. The summed E-state index contributed by atoms with van der Waals surface area (Å²) in [5.41, 5.74) is 1.69. The highest BCUT2D eigenvalue weighted by Crippen LogP contribution is 2.22. The third-order valence-corrected chi connectivity index (χ3v) is 4.50. The number of para-hydroxylation sites is 2. The van der Waals surface area contributed by atoms with E-state index in [0.29, 0.717) is 6.01 Å². The van der Waals surface area contributed by atoms with Crippen molar-refractivity contribution in [3.05, 3.63) is 24.3 Å². The molecule has 2 aliphatic heterocycles. The molecule has 0 spiro atoms. The number of hydrogen-bond donors (Lipinski definition) is 1. The smallest absolute Gasteiger partial charge is 0.298 e. The lowest BCUT2D eigenvalue weighted by Gasteiger charge is -2.35. The van der Waals surface area contributed by atoms with Crippen molar-refractivity contribution >= 4 is 35.4 Å². The maximum absolute atomic E-state index is 12.4. The molecule has 7 heteroatoms. The fourth-order valence-corrected chi connectivity index (χ4v) is 3.23. The van der Waals surface area contributed by atoms with E-state index in [0.717, 1.165) is 56.7 Å². The van der Waals surface area contributed by atoms with Gasteiger partial charge in [-0.05, 0) is 31.5 Å². The Balaban J connectivity index is 0.00000156. The van der Waals surface area contributed by atoms with Crippen LogP contribution in [0, 0.1) is 0 Å². The van der Waals surface area contributed by atoms with Gasteiger partial charge in [0.15, 0.2) is 5.58 Å². The number of nitrogens with one attached hydrogen (secondary N) is 1. The van der Waals surface area contributed by atoms with Gasteiger partial charge in [0.05, 0.1) is 6.04 Å². The molecule has 3 heterocycles. The highest BCUT2D eigenvalue weighted by molar-refractivity contribution is 5.85. The summed E-state index contributed by atoms with van der Waals surface area (Å²) in [6.07, 6.45) is 2.06. The number of hydrogen-bond acceptors (Lipinski definition) is 5. The molecule has 6 nitrogen and oxygen atoms in total. The number of oxazole rings is 1. The van der Waals surface area contributed by atoms with Gasteiger partial charge in [0.1, 0.15) is 5.52 Å². The van der Waals surface area contributed by atoms with Gasteiger partial charge in [0.2, 0.25) is 5.91 Å². The van der Waals surface area contributed by atoms with Crippen molar-refractivity contribution < 1.29 is 9.21 Å². The van der Waals surface area contributed by atoms with Crippen LogP contribution in [-0.2, 0) is 4.79 Å². The van der Waals surface area contributed by atoms with Gasteiger partial charge in [-0.3, -0.25) is 4.79 Å². The van der Waals surface area contributed by atoms with Crippen molar-refractivity contribution in [3.8, 4) is 0 Å². The number of piperazine rings is 1. The van der Waals surface area contributed by atoms with E-state index in [2.05, 4.69) is 15.2 Å². The van der Waals surface area contributed by atoms with Crippen LogP contribution in [0.25, 0.3) is 11.1 Å². The lowest BCUT2D eigenvalue weighted by Crippen LogP contribution is -2.53. The molecular formula is C16H21ClN4O2. The summed E-state index contributed by atoms with van der Waals surface area (Å²) in [5, 5.41) is 3.28. The summed E-state index contributed by atoms with van der Waals surface area (Å²) < 4.78 is 5.80. The second kappa shape index (κ2) is 6.76. The third-order valence-electron chi connectivity index (χ3n) is 4.50. The molecule has 1 aromatic carbocycles. The summed E-state index contributed by atoms with van der Waals surface area (Å²) in [6.45, 7) is 3.96. The fourth-order valence-electron chi connectivity index (χ4n) is 3.23. The first-order chi connectivity index (χ1) is 10.8. The molecule has 0 bridgehead atoms. The zero-order chi connectivity index (χ0) is 14.9. The molecule has 23 heavy (non-hydrogen) atoms. The quantitative estimate of drug-likeness (QED) is 0.903. The van der Waals surface area contributed by atoms with Crippen molar-refractivity contribution in [2.75, 3.05) is 37.6 Å². The zero-order valence-electron chi connectivity index (χ0n) is 12.9. The number of aromatic nitrogens is 1. The fraction of sp³-hybridized carbons (Fsp3) is 0.500. The topological polar surface area (TPSA) is 61.6 Å². The maximum atomic E-state index is 12.4. The normalized spacial score (nSPS) is 21.5. The number of amides is 1. The van der Waals surface area contributed by atoms with Gasteiger partial charge in [-0.15, -0.1) is 12.4 Å². The van der Waals surface area contributed by atoms with E-state index in [1.807, 2.05) is 29.2 Å². The average molecular weight is 337 g/mol. The van der Waals surface area contributed by atoms with E-state index < -0.39 is 0 Å². The van der Waals surface area contributed by atoms with Gasteiger partial charge in [-0.25, -0.2) is 0 Å².